The average Bonchev–Trinajstić information content (AvgIpc) is 3.54. The summed E-state index contributed by atoms with van der Waals surface area (Å²) >= 11 is 0. The second-order valence-electron chi connectivity index (χ2n) is 9.20. The summed E-state index contributed by atoms with van der Waals surface area (Å²) in [6.45, 7) is 2.90. The first-order valence-corrected chi connectivity index (χ1v) is 12.2. The van der Waals surface area contributed by atoms with Gasteiger partial charge in [0, 0.05) is 12.1 Å². The Hall–Kier alpha value is -4.24. The van der Waals surface area contributed by atoms with E-state index in [9.17, 15) is 0 Å². The Kier molecular flexibility index (Phi) is 6.05. The fraction of sp³-hybridized carbons (Fsp3) is 0.259. The van der Waals surface area contributed by atoms with Crippen LogP contribution in [0.25, 0.3) is 11.2 Å². The molecule has 1 atom stereocenters. The minimum atomic E-state index is 0.0473. The van der Waals surface area contributed by atoms with Gasteiger partial charge in [-0.2, -0.15) is 15.4 Å². The van der Waals surface area contributed by atoms with Crippen molar-refractivity contribution in [3.8, 4) is 5.75 Å². The average molecular weight is 481 g/mol. The number of fused-ring (bicyclic) bond motifs is 7. The Morgan fingerprint density at radius 2 is 1.86 bits per heavy atom. The summed E-state index contributed by atoms with van der Waals surface area (Å²) in [5.74, 6) is 1.37. The second kappa shape index (κ2) is 9.79. The molecule has 0 fully saturated rings. The fourth-order valence-electron chi connectivity index (χ4n) is 4.86. The molecule has 0 aliphatic carbocycles. The van der Waals surface area contributed by atoms with Crippen molar-refractivity contribution in [2.45, 2.75) is 31.9 Å². The molecule has 6 bridgehead atoms. The number of aromatic nitrogens is 6. The number of ether oxygens (including phenoxy) is 1. The zero-order valence-electron chi connectivity index (χ0n) is 19.9. The summed E-state index contributed by atoms with van der Waals surface area (Å²) in [7, 11) is 0. The summed E-state index contributed by atoms with van der Waals surface area (Å²) in [5, 5.41) is 19.5. The number of nitrogens with one attached hydrogen (secondary N) is 2. The van der Waals surface area contributed by atoms with E-state index in [0.29, 0.717) is 24.6 Å². The summed E-state index contributed by atoms with van der Waals surface area (Å²) in [4.78, 5) is 4.32. The third kappa shape index (κ3) is 4.78. The van der Waals surface area contributed by atoms with Crippen LogP contribution in [0, 0.1) is 0 Å². The molecule has 1 aliphatic rings. The molecule has 9 heteroatoms. The second-order valence-corrected chi connectivity index (χ2v) is 9.20. The van der Waals surface area contributed by atoms with Gasteiger partial charge in [0.05, 0.1) is 12.7 Å². The third-order valence-corrected chi connectivity index (χ3v) is 6.61. The Balaban J connectivity index is 1.35. The van der Waals surface area contributed by atoms with Gasteiger partial charge < -0.3 is 15.8 Å². The van der Waals surface area contributed by atoms with Gasteiger partial charge in [-0.3, -0.25) is 4.68 Å². The SMILES string of the molecule is Nc1cc(C2CCNCCc3cccc(c3)OCc3cccc(c3)Cn3cc2cn3)c2n[nH]nc2n1. The number of nitrogens with zero attached hydrogens (tertiary/aromatic N) is 5. The van der Waals surface area contributed by atoms with Crippen LogP contribution < -0.4 is 15.8 Å². The van der Waals surface area contributed by atoms with E-state index in [1.54, 1.807) is 0 Å². The normalized spacial score (nSPS) is 16.7. The summed E-state index contributed by atoms with van der Waals surface area (Å²) < 4.78 is 8.07. The highest BCUT2D eigenvalue weighted by Crippen LogP contribution is 2.32. The largest absolute Gasteiger partial charge is 0.489 e. The highest BCUT2D eigenvalue weighted by Gasteiger charge is 2.22. The van der Waals surface area contributed by atoms with Crippen molar-refractivity contribution >= 4 is 17.0 Å². The van der Waals surface area contributed by atoms with Crippen molar-refractivity contribution < 1.29 is 4.74 Å². The molecule has 4 N–H and O–H groups in total. The van der Waals surface area contributed by atoms with Crippen molar-refractivity contribution in [2.75, 3.05) is 18.8 Å². The van der Waals surface area contributed by atoms with Crippen LogP contribution in [0.15, 0.2) is 67.0 Å². The van der Waals surface area contributed by atoms with E-state index in [1.807, 2.05) is 23.0 Å². The lowest BCUT2D eigenvalue weighted by atomic mass is 9.90. The Morgan fingerprint density at radius 1 is 0.972 bits per heavy atom. The van der Waals surface area contributed by atoms with Crippen molar-refractivity contribution in [3.63, 3.8) is 0 Å². The van der Waals surface area contributed by atoms with Gasteiger partial charge in [0.15, 0.2) is 0 Å². The maximum Gasteiger partial charge on any atom is 0.203 e. The minimum absolute atomic E-state index is 0.0473. The van der Waals surface area contributed by atoms with E-state index in [0.717, 1.165) is 53.9 Å². The number of nitrogens with two attached hydrogens (primary N) is 1. The Morgan fingerprint density at radius 3 is 2.83 bits per heavy atom. The lowest BCUT2D eigenvalue weighted by Crippen LogP contribution is -2.21. The van der Waals surface area contributed by atoms with Crippen molar-refractivity contribution in [3.05, 3.63) is 94.8 Å². The molecule has 0 radical (unpaired) electrons. The molecule has 0 spiro atoms. The molecule has 36 heavy (non-hydrogen) atoms. The predicted octanol–water partition coefficient (Wildman–Crippen LogP) is 3.43. The number of nitrogen functional groups attached to an aromatic ring is 1. The van der Waals surface area contributed by atoms with Gasteiger partial charge in [0.2, 0.25) is 5.65 Å². The maximum absolute atomic E-state index is 6.14. The van der Waals surface area contributed by atoms with Gasteiger partial charge in [0.1, 0.15) is 23.7 Å². The quantitative estimate of drug-likeness (QED) is 0.336. The highest BCUT2D eigenvalue weighted by molar-refractivity contribution is 5.77. The topological polar surface area (TPSA) is 120 Å². The zero-order chi connectivity index (χ0) is 24.3. The lowest BCUT2D eigenvalue weighted by Gasteiger charge is -2.17. The van der Waals surface area contributed by atoms with Gasteiger partial charge in [-0.05, 0) is 71.9 Å². The van der Waals surface area contributed by atoms with Crippen LogP contribution in [0.4, 0.5) is 5.82 Å². The number of benzene rings is 2. The smallest absolute Gasteiger partial charge is 0.203 e. The van der Waals surface area contributed by atoms with Gasteiger partial charge in [-0.25, -0.2) is 4.98 Å². The molecular weight excluding hydrogens is 452 g/mol. The fourth-order valence-corrected chi connectivity index (χ4v) is 4.86. The van der Waals surface area contributed by atoms with Crippen LogP contribution in [0.2, 0.25) is 0 Å². The maximum atomic E-state index is 6.14. The molecule has 1 aliphatic heterocycles. The summed E-state index contributed by atoms with van der Waals surface area (Å²) in [6.07, 6.45) is 5.84. The van der Waals surface area contributed by atoms with Gasteiger partial charge in [-0.1, -0.05) is 36.4 Å². The third-order valence-electron chi connectivity index (χ3n) is 6.61. The molecule has 5 aromatic rings. The zero-order valence-corrected chi connectivity index (χ0v) is 19.9. The van der Waals surface area contributed by atoms with Gasteiger partial charge in [-0.15, -0.1) is 5.10 Å². The number of hydrogen-bond acceptors (Lipinski definition) is 7. The molecule has 182 valence electrons. The Labute approximate surface area is 208 Å². The standard InChI is InChI=1S/C27H28N8O/c28-25-13-24(26-27(31-25)33-34-32-26)23-8-10-29-9-7-18-3-2-6-22(12-18)36-17-20-5-1-4-19(11-20)15-35-16-21(23)14-30-35/h1-6,11-14,16,23,29H,7-10,15,17H2,(H3,28,31,32,33,34). The number of anilines is 1. The van der Waals surface area contributed by atoms with Crippen LogP contribution in [-0.2, 0) is 19.6 Å². The van der Waals surface area contributed by atoms with Crippen LogP contribution in [-0.4, -0.2) is 43.3 Å². The van der Waals surface area contributed by atoms with Crippen LogP contribution in [0.1, 0.15) is 40.2 Å². The molecule has 3 aromatic heterocycles. The molecule has 0 amide bonds. The first-order valence-electron chi connectivity index (χ1n) is 12.2. The summed E-state index contributed by atoms with van der Waals surface area (Å²) in [6, 6.07) is 18.7. The monoisotopic (exact) mass is 480 g/mol. The number of H-pyrrole nitrogens is 1. The van der Waals surface area contributed by atoms with Crippen molar-refractivity contribution in [2.24, 2.45) is 0 Å². The molecule has 9 nitrogen and oxygen atoms in total. The molecule has 6 rings (SSSR count). The molecule has 0 saturated carbocycles. The van der Waals surface area contributed by atoms with Crippen LogP contribution >= 0.6 is 0 Å². The minimum Gasteiger partial charge on any atom is -0.489 e. The first kappa shape index (κ1) is 22.2. The van der Waals surface area contributed by atoms with Crippen LogP contribution in [0.3, 0.4) is 0 Å². The van der Waals surface area contributed by atoms with E-state index in [1.165, 1.54) is 11.1 Å². The predicted molar refractivity (Wildman–Crippen MR) is 138 cm³/mol. The molecule has 1 unspecified atom stereocenters. The Bertz CT molecular complexity index is 1490. The number of hydrogen-bond donors (Lipinski definition) is 3. The van der Waals surface area contributed by atoms with Crippen LogP contribution in [0.5, 0.6) is 5.75 Å². The highest BCUT2D eigenvalue weighted by atomic mass is 16.5. The lowest BCUT2D eigenvalue weighted by molar-refractivity contribution is 0.305. The molecule has 4 heterocycles. The first-order chi connectivity index (χ1) is 17.7. The van der Waals surface area contributed by atoms with E-state index >= 15 is 0 Å². The van der Waals surface area contributed by atoms with E-state index < -0.39 is 0 Å². The van der Waals surface area contributed by atoms with E-state index in [-0.39, 0.29) is 5.92 Å². The molecule has 2 aromatic carbocycles. The van der Waals surface area contributed by atoms with Gasteiger partial charge >= 0.3 is 0 Å². The van der Waals surface area contributed by atoms with E-state index in [4.69, 9.17) is 10.5 Å². The molecule has 0 saturated heterocycles. The van der Waals surface area contributed by atoms with Crippen molar-refractivity contribution in [1.82, 2.24) is 35.5 Å². The molecular formula is C27H28N8O. The number of rotatable bonds is 1. The summed E-state index contributed by atoms with van der Waals surface area (Å²) in [5.41, 5.74) is 13.1. The van der Waals surface area contributed by atoms with Gasteiger partial charge in [0.25, 0.3) is 0 Å². The van der Waals surface area contributed by atoms with E-state index in [2.05, 4.69) is 79.5 Å². The van der Waals surface area contributed by atoms with Crippen molar-refractivity contribution in [1.29, 1.82) is 0 Å². The number of pyridine rings is 1. The number of aromatic amines is 1.